The molecule has 0 saturated heterocycles. The predicted octanol–water partition coefficient (Wildman–Crippen LogP) is 2.13. The number of carbonyl (C=O) groups excluding carboxylic acids is 3. The molecule has 1 aliphatic heterocycles. The van der Waals surface area contributed by atoms with Crippen molar-refractivity contribution in [1.29, 1.82) is 0 Å². The number of fused-ring (bicyclic) bond motifs is 1. The Bertz CT molecular complexity index is 932. The first-order chi connectivity index (χ1) is 11.9. The maximum absolute atomic E-state index is 11.9. The summed E-state index contributed by atoms with van der Waals surface area (Å²) in [6.07, 6.45) is 2.77. The molecule has 0 unspecified atom stereocenters. The number of nitrogens with zero attached hydrogens (tertiary/aromatic N) is 1. The van der Waals surface area contributed by atoms with Gasteiger partial charge in [-0.05, 0) is 42.0 Å². The quantitative estimate of drug-likeness (QED) is 0.383. The maximum Gasteiger partial charge on any atom is 0.269 e. The van der Waals surface area contributed by atoms with Gasteiger partial charge < -0.3 is 5.32 Å². The van der Waals surface area contributed by atoms with E-state index in [1.807, 2.05) is 0 Å². The fourth-order valence-corrected chi connectivity index (χ4v) is 2.31. The van der Waals surface area contributed by atoms with Gasteiger partial charge in [-0.3, -0.25) is 29.8 Å². The molecule has 2 N–H and O–H groups in total. The third-order valence-corrected chi connectivity index (χ3v) is 3.53. The van der Waals surface area contributed by atoms with Crippen LogP contribution >= 0.6 is 0 Å². The van der Waals surface area contributed by atoms with Gasteiger partial charge in [-0.2, -0.15) is 0 Å². The van der Waals surface area contributed by atoms with Crippen LogP contribution in [0.5, 0.6) is 0 Å². The highest BCUT2D eigenvalue weighted by molar-refractivity contribution is 6.22. The van der Waals surface area contributed by atoms with Gasteiger partial charge >= 0.3 is 0 Å². The number of hydrogen-bond donors (Lipinski definition) is 2. The number of anilines is 1. The summed E-state index contributed by atoms with van der Waals surface area (Å²) in [6.45, 7) is 0. The van der Waals surface area contributed by atoms with Crippen molar-refractivity contribution in [2.24, 2.45) is 0 Å². The highest BCUT2D eigenvalue weighted by atomic mass is 16.6. The molecule has 8 heteroatoms. The van der Waals surface area contributed by atoms with E-state index in [0.29, 0.717) is 11.3 Å². The minimum absolute atomic E-state index is 0.0347. The number of carbonyl (C=O) groups is 3. The monoisotopic (exact) mass is 337 g/mol. The Kier molecular flexibility index (Phi) is 4.09. The van der Waals surface area contributed by atoms with E-state index in [1.54, 1.807) is 0 Å². The molecule has 25 heavy (non-hydrogen) atoms. The summed E-state index contributed by atoms with van der Waals surface area (Å²) in [6, 6.07) is 10.1. The number of nitro benzene ring substituents is 1. The van der Waals surface area contributed by atoms with E-state index in [0.717, 1.165) is 0 Å². The fourth-order valence-electron chi connectivity index (χ4n) is 2.31. The molecule has 2 aromatic rings. The van der Waals surface area contributed by atoms with Gasteiger partial charge in [-0.1, -0.05) is 0 Å². The first kappa shape index (κ1) is 16.1. The Labute approximate surface area is 141 Å². The normalized spacial score (nSPS) is 12.8. The van der Waals surface area contributed by atoms with Crippen LogP contribution in [-0.2, 0) is 4.79 Å². The Morgan fingerprint density at radius 3 is 2.40 bits per heavy atom. The molecule has 0 fully saturated rings. The van der Waals surface area contributed by atoms with E-state index >= 15 is 0 Å². The van der Waals surface area contributed by atoms with Gasteiger partial charge in [0.25, 0.3) is 17.5 Å². The SMILES string of the molecule is O=C(/C=C/c1ccc([N+](=O)[O-])cc1)Nc1ccc2c(c1)C(=O)NC2=O. The predicted molar refractivity (Wildman–Crippen MR) is 89.0 cm³/mol. The molecule has 3 rings (SSSR count). The minimum atomic E-state index is -0.505. The Morgan fingerprint density at radius 1 is 1.04 bits per heavy atom. The lowest BCUT2D eigenvalue weighted by Crippen LogP contribution is -2.19. The van der Waals surface area contributed by atoms with Crippen LogP contribution in [0, 0.1) is 10.1 Å². The van der Waals surface area contributed by atoms with Gasteiger partial charge in [0.15, 0.2) is 0 Å². The summed E-state index contributed by atoms with van der Waals surface area (Å²) in [5.74, 6) is -1.41. The first-order valence-electron chi connectivity index (χ1n) is 7.17. The van der Waals surface area contributed by atoms with Gasteiger partial charge in [-0.25, -0.2) is 0 Å². The number of nitro groups is 1. The second kappa shape index (κ2) is 6.36. The second-order valence-corrected chi connectivity index (χ2v) is 5.21. The van der Waals surface area contributed by atoms with Crippen LogP contribution in [0.4, 0.5) is 11.4 Å². The second-order valence-electron chi connectivity index (χ2n) is 5.21. The fraction of sp³-hybridized carbons (Fsp3) is 0. The topological polar surface area (TPSA) is 118 Å². The molecule has 1 heterocycles. The zero-order chi connectivity index (χ0) is 18.0. The summed E-state index contributed by atoms with van der Waals surface area (Å²) >= 11 is 0. The summed E-state index contributed by atoms with van der Waals surface area (Å²) in [7, 11) is 0. The molecule has 0 radical (unpaired) electrons. The zero-order valence-electron chi connectivity index (χ0n) is 12.7. The molecule has 0 aliphatic carbocycles. The third kappa shape index (κ3) is 3.42. The summed E-state index contributed by atoms with van der Waals surface area (Å²) in [4.78, 5) is 45.1. The van der Waals surface area contributed by atoms with Crippen LogP contribution in [0.2, 0.25) is 0 Å². The standard InChI is InChI=1S/C17H11N3O5/c21-15(8-3-10-1-5-12(6-2-10)20(24)25)18-11-4-7-13-14(9-11)17(23)19-16(13)22/h1-9H,(H,18,21)(H,19,22,23)/b8-3+. The number of amides is 3. The van der Waals surface area contributed by atoms with Crippen molar-refractivity contribution in [2.45, 2.75) is 0 Å². The number of nitrogens with one attached hydrogen (secondary N) is 2. The van der Waals surface area contributed by atoms with E-state index in [4.69, 9.17) is 0 Å². The van der Waals surface area contributed by atoms with Crippen LogP contribution in [0.15, 0.2) is 48.5 Å². The van der Waals surface area contributed by atoms with E-state index in [9.17, 15) is 24.5 Å². The average molecular weight is 337 g/mol. The lowest BCUT2D eigenvalue weighted by atomic mass is 10.1. The molecule has 0 bridgehead atoms. The first-order valence-corrected chi connectivity index (χ1v) is 7.17. The Balaban J connectivity index is 1.68. The molecule has 0 atom stereocenters. The summed E-state index contributed by atoms with van der Waals surface area (Å²) < 4.78 is 0. The molecule has 0 aromatic heterocycles. The van der Waals surface area contributed by atoms with Gasteiger partial charge in [0, 0.05) is 23.9 Å². The van der Waals surface area contributed by atoms with Crippen LogP contribution in [0.25, 0.3) is 6.08 Å². The zero-order valence-corrected chi connectivity index (χ0v) is 12.7. The van der Waals surface area contributed by atoms with Crippen molar-refractivity contribution in [3.05, 3.63) is 75.3 Å². The Hall–Kier alpha value is -3.81. The molecule has 0 saturated carbocycles. The number of imide groups is 1. The van der Waals surface area contributed by atoms with E-state index in [-0.39, 0.29) is 16.8 Å². The van der Waals surface area contributed by atoms with Crippen LogP contribution in [-0.4, -0.2) is 22.6 Å². The highest BCUT2D eigenvalue weighted by Gasteiger charge is 2.26. The number of benzene rings is 2. The smallest absolute Gasteiger partial charge is 0.269 e. The van der Waals surface area contributed by atoms with E-state index in [2.05, 4.69) is 10.6 Å². The van der Waals surface area contributed by atoms with Crippen LogP contribution < -0.4 is 10.6 Å². The number of rotatable bonds is 4. The van der Waals surface area contributed by atoms with Crippen molar-refractivity contribution < 1.29 is 19.3 Å². The van der Waals surface area contributed by atoms with Crippen molar-refractivity contribution in [2.75, 3.05) is 5.32 Å². The molecule has 1 aliphatic rings. The largest absolute Gasteiger partial charge is 0.322 e. The summed E-state index contributed by atoms with van der Waals surface area (Å²) in [5.41, 5.74) is 1.45. The maximum atomic E-state index is 11.9. The molecule has 0 spiro atoms. The van der Waals surface area contributed by atoms with Crippen molar-refractivity contribution >= 4 is 35.2 Å². The molecule has 2 aromatic carbocycles. The van der Waals surface area contributed by atoms with Gasteiger partial charge in [0.2, 0.25) is 5.91 Å². The van der Waals surface area contributed by atoms with E-state index in [1.165, 1.54) is 54.6 Å². The lowest BCUT2D eigenvalue weighted by Gasteiger charge is -2.03. The van der Waals surface area contributed by atoms with Gasteiger partial charge in [-0.15, -0.1) is 0 Å². The molecule has 8 nitrogen and oxygen atoms in total. The molecule has 3 amide bonds. The molecular formula is C17H11N3O5. The minimum Gasteiger partial charge on any atom is -0.322 e. The van der Waals surface area contributed by atoms with E-state index < -0.39 is 22.6 Å². The molecular weight excluding hydrogens is 326 g/mol. The lowest BCUT2D eigenvalue weighted by molar-refractivity contribution is -0.384. The average Bonchev–Trinajstić information content (AvgIpc) is 2.87. The molecule has 124 valence electrons. The van der Waals surface area contributed by atoms with Crippen molar-refractivity contribution in [1.82, 2.24) is 5.32 Å². The summed E-state index contributed by atoms with van der Waals surface area (Å²) in [5, 5.41) is 15.3. The highest BCUT2D eigenvalue weighted by Crippen LogP contribution is 2.20. The van der Waals surface area contributed by atoms with Crippen LogP contribution in [0.3, 0.4) is 0 Å². The Morgan fingerprint density at radius 2 is 1.72 bits per heavy atom. The number of hydrogen-bond acceptors (Lipinski definition) is 5. The van der Waals surface area contributed by atoms with Gasteiger partial charge in [0.05, 0.1) is 16.1 Å². The van der Waals surface area contributed by atoms with Crippen molar-refractivity contribution in [3.8, 4) is 0 Å². The van der Waals surface area contributed by atoms with Crippen molar-refractivity contribution in [3.63, 3.8) is 0 Å². The number of non-ortho nitro benzene ring substituents is 1. The van der Waals surface area contributed by atoms with Crippen LogP contribution in [0.1, 0.15) is 26.3 Å². The third-order valence-electron chi connectivity index (χ3n) is 3.53. The van der Waals surface area contributed by atoms with Gasteiger partial charge in [0.1, 0.15) is 0 Å².